The molecule has 90 valence electrons. The molecule has 1 aliphatic carbocycles. The summed E-state index contributed by atoms with van der Waals surface area (Å²) in [4.78, 5) is 0. The van der Waals surface area contributed by atoms with Crippen molar-refractivity contribution < 1.29 is 4.74 Å². The number of nitrogens with one attached hydrogen (secondary N) is 1. The molecule has 1 N–H and O–H groups in total. The first-order valence-electron chi connectivity index (χ1n) is 6.45. The van der Waals surface area contributed by atoms with Crippen molar-refractivity contribution in [2.75, 3.05) is 20.8 Å². The van der Waals surface area contributed by atoms with Gasteiger partial charge in [-0.1, -0.05) is 19.8 Å². The summed E-state index contributed by atoms with van der Waals surface area (Å²) in [5.74, 6) is 0. The van der Waals surface area contributed by atoms with Gasteiger partial charge in [-0.3, -0.25) is 0 Å². The molecule has 0 aliphatic heterocycles. The molecular weight excluding hydrogens is 186 g/mol. The number of methoxy groups -OCH3 is 1. The molecule has 1 atom stereocenters. The fourth-order valence-electron chi connectivity index (χ4n) is 3.22. The highest BCUT2D eigenvalue weighted by atomic mass is 16.5. The zero-order valence-corrected chi connectivity index (χ0v) is 10.6. The van der Waals surface area contributed by atoms with Gasteiger partial charge in [0, 0.05) is 19.8 Å². The lowest BCUT2D eigenvalue weighted by atomic mass is 9.74. The minimum Gasteiger partial charge on any atom is -0.385 e. The van der Waals surface area contributed by atoms with Gasteiger partial charge in [0.15, 0.2) is 0 Å². The highest BCUT2D eigenvalue weighted by Gasteiger charge is 2.38. The molecule has 0 aromatic rings. The van der Waals surface area contributed by atoms with Crippen LogP contribution in [-0.2, 0) is 4.74 Å². The molecule has 0 aromatic heterocycles. The second-order valence-electron chi connectivity index (χ2n) is 4.90. The molecule has 1 fully saturated rings. The molecule has 0 saturated heterocycles. The summed E-state index contributed by atoms with van der Waals surface area (Å²) in [5.41, 5.74) is 0.586. The fourth-order valence-corrected chi connectivity index (χ4v) is 3.22. The van der Waals surface area contributed by atoms with E-state index in [1.807, 2.05) is 0 Å². The zero-order chi connectivity index (χ0) is 11.1. The van der Waals surface area contributed by atoms with Crippen molar-refractivity contribution >= 4 is 0 Å². The molecular formula is C13H27NO. The van der Waals surface area contributed by atoms with Crippen LogP contribution < -0.4 is 5.32 Å². The van der Waals surface area contributed by atoms with E-state index in [4.69, 9.17) is 4.74 Å². The van der Waals surface area contributed by atoms with Crippen LogP contribution in [0.1, 0.15) is 51.9 Å². The largest absolute Gasteiger partial charge is 0.385 e. The van der Waals surface area contributed by atoms with E-state index in [-0.39, 0.29) is 0 Å². The van der Waals surface area contributed by atoms with Crippen LogP contribution in [0.15, 0.2) is 0 Å². The smallest absolute Gasteiger partial charge is 0.0462 e. The number of rotatable bonds is 7. The van der Waals surface area contributed by atoms with Crippen molar-refractivity contribution in [3.63, 3.8) is 0 Å². The second kappa shape index (κ2) is 6.49. The molecule has 0 spiro atoms. The molecule has 1 unspecified atom stereocenters. The van der Waals surface area contributed by atoms with E-state index in [1.165, 1.54) is 44.9 Å². The molecule has 0 bridgehead atoms. The Labute approximate surface area is 94.8 Å². The first kappa shape index (κ1) is 13.0. The Bertz CT molecular complexity index is 164. The van der Waals surface area contributed by atoms with Gasteiger partial charge in [0.25, 0.3) is 0 Å². The number of hydrogen-bond acceptors (Lipinski definition) is 2. The van der Waals surface area contributed by atoms with E-state index in [1.54, 1.807) is 7.11 Å². The van der Waals surface area contributed by atoms with Crippen molar-refractivity contribution in [1.82, 2.24) is 5.32 Å². The summed E-state index contributed by atoms with van der Waals surface area (Å²) in [6.45, 7) is 3.25. The van der Waals surface area contributed by atoms with Crippen molar-refractivity contribution in [2.45, 2.75) is 57.9 Å². The van der Waals surface area contributed by atoms with Crippen LogP contribution in [0, 0.1) is 5.41 Å². The summed E-state index contributed by atoms with van der Waals surface area (Å²) < 4.78 is 5.14. The van der Waals surface area contributed by atoms with Gasteiger partial charge in [-0.15, -0.1) is 0 Å². The highest BCUT2D eigenvalue weighted by Crippen LogP contribution is 2.44. The third kappa shape index (κ3) is 3.18. The predicted molar refractivity (Wildman–Crippen MR) is 65.1 cm³/mol. The molecule has 0 aromatic carbocycles. The Morgan fingerprint density at radius 1 is 1.33 bits per heavy atom. The predicted octanol–water partition coefficient (Wildman–Crippen LogP) is 2.97. The Balaban J connectivity index is 2.46. The van der Waals surface area contributed by atoms with Gasteiger partial charge in [0.2, 0.25) is 0 Å². The second-order valence-corrected chi connectivity index (χ2v) is 4.90. The van der Waals surface area contributed by atoms with Gasteiger partial charge in [0.05, 0.1) is 0 Å². The molecule has 1 saturated carbocycles. The standard InChI is InChI=1S/C13H27NO/c1-4-13(9-5-6-10-13)12(14-2)8-7-11-15-3/h12,14H,4-11H2,1-3H3. The van der Waals surface area contributed by atoms with Crippen molar-refractivity contribution in [2.24, 2.45) is 5.41 Å². The first-order chi connectivity index (χ1) is 7.29. The van der Waals surface area contributed by atoms with Crippen molar-refractivity contribution in [1.29, 1.82) is 0 Å². The minimum atomic E-state index is 0.586. The normalized spacial score (nSPS) is 21.8. The Morgan fingerprint density at radius 3 is 2.47 bits per heavy atom. The molecule has 1 aliphatic rings. The molecule has 2 nitrogen and oxygen atoms in total. The van der Waals surface area contributed by atoms with E-state index < -0.39 is 0 Å². The minimum absolute atomic E-state index is 0.586. The van der Waals surface area contributed by atoms with Gasteiger partial charge in [0.1, 0.15) is 0 Å². The number of hydrogen-bond donors (Lipinski definition) is 1. The molecule has 0 amide bonds. The maximum atomic E-state index is 5.14. The van der Waals surface area contributed by atoms with E-state index in [0.717, 1.165) is 6.61 Å². The summed E-state index contributed by atoms with van der Waals surface area (Å²) in [5, 5.41) is 3.54. The lowest BCUT2D eigenvalue weighted by Crippen LogP contribution is -2.42. The van der Waals surface area contributed by atoms with Gasteiger partial charge in [-0.2, -0.15) is 0 Å². The fraction of sp³-hybridized carbons (Fsp3) is 1.00. The Morgan fingerprint density at radius 2 is 2.00 bits per heavy atom. The van der Waals surface area contributed by atoms with Crippen LogP contribution in [-0.4, -0.2) is 26.8 Å². The summed E-state index contributed by atoms with van der Waals surface area (Å²) in [7, 11) is 3.91. The first-order valence-corrected chi connectivity index (χ1v) is 6.45. The lowest BCUT2D eigenvalue weighted by Gasteiger charge is -2.37. The summed E-state index contributed by atoms with van der Waals surface area (Å²) in [6, 6.07) is 0.695. The third-order valence-corrected chi connectivity index (χ3v) is 4.23. The van der Waals surface area contributed by atoms with Crippen molar-refractivity contribution in [3.05, 3.63) is 0 Å². The zero-order valence-electron chi connectivity index (χ0n) is 10.6. The highest BCUT2D eigenvalue weighted by molar-refractivity contribution is 4.93. The van der Waals surface area contributed by atoms with E-state index in [0.29, 0.717) is 11.5 Å². The maximum Gasteiger partial charge on any atom is 0.0462 e. The molecule has 15 heavy (non-hydrogen) atoms. The molecule has 0 radical (unpaired) electrons. The molecule has 1 rings (SSSR count). The van der Waals surface area contributed by atoms with Gasteiger partial charge >= 0.3 is 0 Å². The molecule has 2 heteroatoms. The van der Waals surface area contributed by atoms with E-state index in [9.17, 15) is 0 Å². The van der Waals surface area contributed by atoms with E-state index in [2.05, 4.69) is 19.3 Å². The Kier molecular flexibility index (Phi) is 5.62. The van der Waals surface area contributed by atoms with Crippen LogP contribution in [0.3, 0.4) is 0 Å². The monoisotopic (exact) mass is 213 g/mol. The van der Waals surface area contributed by atoms with Crippen LogP contribution in [0.25, 0.3) is 0 Å². The van der Waals surface area contributed by atoms with Gasteiger partial charge in [-0.25, -0.2) is 0 Å². The Hall–Kier alpha value is -0.0800. The van der Waals surface area contributed by atoms with Crippen molar-refractivity contribution in [3.8, 4) is 0 Å². The average molecular weight is 213 g/mol. The quantitative estimate of drug-likeness (QED) is 0.656. The SMILES string of the molecule is CCC1(C(CCCOC)NC)CCCC1. The third-order valence-electron chi connectivity index (χ3n) is 4.23. The number of ether oxygens (including phenoxy) is 1. The van der Waals surface area contributed by atoms with Crippen LogP contribution >= 0.6 is 0 Å². The van der Waals surface area contributed by atoms with E-state index >= 15 is 0 Å². The lowest BCUT2D eigenvalue weighted by molar-refractivity contribution is 0.152. The topological polar surface area (TPSA) is 21.3 Å². The van der Waals surface area contributed by atoms with Gasteiger partial charge in [-0.05, 0) is 44.6 Å². The van der Waals surface area contributed by atoms with Crippen LogP contribution in [0.2, 0.25) is 0 Å². The van der Waals surface area contributed by atoms with Gasteiger partial charge < -0.3 is 10.1 Å². The maximum absolute atomic E-state index is 5.14. The average Bonchev–Trinajstić information content (AvgIpc) is 2.74. The summed E-state index contributed by atoms with van der Waals surface area (Å²) >= 11 is 0. The summed E-state index contributed by atoms with van der Waals surface area (Å²) in [6.07, 6.45) is 9.46. The molecule has 0 heterocycles. The van der Waals surface area contributed by atoms with Crippen LogP contribution in [0.5, 0.6) is 0 Å². The van der Waals surface area contributed by atoms with Crippen LogP contribution in [0.4, 0.5) is 0 Å².